The molecule has 23 heavy (non-hydrogen) atoms. The maximum atomic E-state index is 11.8. The van der Waals surface area contributed by atoms with Gasteiger partial charge in [-0.05, 0) is 36.5 Å². The molecule has 2 fully saturated rings. The smallest absolute Gasteiger partial charge is 0.224 e. The normalized spacial score (nSPS) is 19.5. The lowest BCUT2D eigenvalue weighted by atomic mass is 9.83. The van der Waals surface area contributed by atoms with E-state index in [2.05, 4.69) is 22.3 Å². The van der Waals surface area contributed by atoms with Crippen molar-refractivity contribution in [2.45, 2.75) is 32.2 Å². The number of benzene rings is 1. The third-order valence-electron chi connectivity index (χ3n) is 4.96. The van der Waals surface area contributed by atoms with Gasteiger partial charge >= 0.3 is 0 Å². The summed E-state index contributed by atoms with van der Waals surface area (Å²) in [4.78, 5) is 25.1. The summed E-state index contributed by atoms with van der Waals surface area (Å²) in [5.41, 5.74) is 2.26. The fraction of sp³-hybridized carbons (Fsp3) is 0.556. The number of carbonyl (C=O) groups is 2. The summed E-state index contributed by atoms with van der Waals surface area (Å²) in [6.45, 7) is 2.77. The number of anilines is 1. The second-order valence-electron chi connectivity index (χ2n) is 6.64. The SMILES string of the molecule is O=C1CC(C(=O)NCc2ccc(N3CCC(CO)CC3)cc2)C1. The number of nitrogens with zero attached hydrogens (tertiary/aromatic N) is 1. The minimum absolute atomic E-state index is 0.0141. The molecule has 5 heteroatoms. The van der Waals surface area contributed by atoms with Crippen molar-refractivity contribution in [3.63, 3.8) is 0 Å². The molecule has 1 aliphatic heterocycles. The van der Waals surface area contributed by atoms with Crippen molar-refractivity contribution in [3.05, 3.63) is 29.8 Å². The van der Waals surface area contributed by atoms with Gasteiger partial charge in [0.25, 0.3) is 0 Å². The van der Waals surface area contributed by atoms with Gasteiger partial charge in [0.1, 0.15) is 5.78 Å². The zero-order valence-corrected chi connectivity index (χ0v) is 13.3. The molecule has 1 heterocycles. The first-order chi connectivity index (χ1) is 11.2. The molecule has 5 nitrogen and oxygen atoms in total. The number of rotatable bonds is 5. The van der Waals surface area contributed by atoms with E-state index in [1.54, 1.807) is 0 Å². The molecule has 0 radical (unpaired) electrons. The summed E-state index contributed by atoms with van der Waals surface area (Å²) in [5.74, 6) is 0.493. The van der Waals surface area contributed by atoms with Crippen molar-refractivity contribution < 1.29 is 14.7 Å². The molecule has 1 amide bonds. The Hall–Kier alpha value is -1.88. The van der Waals surface area contributed by atoms with Crippen molar-refractivity contribution in [2.24, 2.45) is 11.8 Å². The maximum Gasteiger partial charge on any atom is 0.224 e. The lowest BCUT2D eigenvalue weighted by Gasteiger charge is -2.33. The fourth-order valence-corrected chi connectivity index (χ4v) is 3.21. The summed E-state index contributed by atoms with van der Waals surface area (Å²) >= 11 is 0. The third kappa shape index (κ3) is 3.91. The fourth-order valence-electron chi connectivity index (χ4n) is 3.21. The van der Waals surface area contributed by atoms with Gasteiger partial charge in [-0.15, -0.1) is 0 Å². The number of aliphatic hydroxyl groups is 1. The third-order valence-corrected chi connectivity index (χ3v) is 4.96. The quantitative estimate of drug-likeness (QED) is 0.863. The van der Waals surface area contributed by atoms with E-state index in [9.17, 15) is 14.7 Å². The highest BCUT2D eigenvalue weighted by molar-refractivity contribution is 5.96. The lowest BCUT2D eigenvalue weighted by Crippen LogP contribution is -2.38. The van der Waals surface area contributed by atoms with Crippen LogP contribution in [0.3, 0.4) is 0 Å². The van der Waals surface area contributed by atoms with Crippen molar-refractivity contribution in [1.82, 2.24) is 5.32 Å². The van der Waals surface area contributed by atoms with E-state index < -0.39 is 0 Å². The number of hydrogen-bond acceptors (Lipinski definition) is 4. The van der Waals surface area contributed by atoms with Crippen molar-refractivity contribution in [3.8, 4) is 0 Å². The Labute approximate surface area is 136 Å². The molecule has 2 N–H and O–H groups in total. The van der Waals surface area contributed by atoms with Crippen LogP contribution >= 0.6 is 0 Å². The Balaban J connectivity index is 1.47. The van der Waals surface area contributed by atoms with Crippen LogP contribution in [-0.2, 0) is 16.1 Å². The second kappa shape index (κ2) is 7.13. The standard InChI is InChI=1S/C18H24N2O3/c21-12-14-5-7-20(8-6-14)16-3-1-13(2-4-16)11-19-18(23)15-9-17(22)10-15/h1-4,14-15,21H,5-12H2,(H,19,23). The first kappa shape index (κ1) is 16.0. The minimum atomic E-state index is -0.116. The molecule has 124 valence electrons. The van der Waals surface area contributed by atoms with E-state index in [0.29, 0.717) is 31.9 Å². The van der Waals surface area contributed by atoms with Gasteiger partial charge < -0.3 is 15.3 Å². The van der Waals surface area contributed by atoms with Crippen LogP contribution in [0.5, 0.6) is 0 Å². The largest absolute Gasteiger partial charge is 0.396 e. The van der Waals surface area contributed by atoms with Gasteiger partial charge in [0, 0.05) is 44.8 Å². The highest BCUT2D eigenvalue weighted by Gasteiger charge is 2.32. The Kier molecular flexibility index (Phi) is 4.96. The van der Waals surface area contributed by atoms with E-state index in [1.165, 1.54) is 5.69 Å². The highest BCUT2D eigenvalue weighted by Crippen LogP contribution is 2.24. The molecule has 0 bridgehead atoms. The second-order valence-corrected chi connectivity index (χ2v) is 6.64. The number of hydrogen-bond donors (Lipinski definition) is 2. The summed E-state index contributed by atoms with van der Waals surface area (Å²) in [7, 11) is 0. The number of Topliss-reactive ketones (excluding diaryl/α,β-unsaturated/α-hetero) is 1. The average Bonchev–Trinajstić information content (AvgIpc) is 2.57. The number of nitrogens with one attached hydrogen (secondary N) is 1. The number of ketones is 1. The molecule has 2 aliphatic rings. The maximum absolute atomic E-state index is 11.8. The van der Waals surface area contributed by atoms with E-state index >= 15 is 0 Å². The zero-order chi connectivity index (χ0) is 16.2. The molecule has 1 aromatic rings. The van der Waals surface area contributed by atoms with Gasteiger partial charge in [-0.3, -0.25) is 9.59 Å². The molecular weight excluding hydrogens is 292 g/mol. The molecule has 1 aliphatic carbocycles. The predicted molar refractivity (Wildman–Crippen MR) is 88.0 cm³/mol. The van der Waals surface area contributed by atoms with Crippen LogP contribution in [0.4, 0.5) is 5.69 Å². The van der Waals surface area contributed by atoms with Crippen LogP contribution in [0, 0.1) is 11.8 Å². The van der Waals surface area contributed by atoms with E-state index in [1.807, 2.05) is 12.1 Å². The average molecular weight is 316 g/mol. The summed E-state index contributed by atoms with van der Waals surface area (Å²) in [6.07, 6.45) is 2.87. The molecular formula is C18H24N2O3. The van der Waals surface area contributed by atoms with Crippen LogP contribution in [0.15, 0.2) is 24.3 Å². The first-order valence-corrected chi connectivity index (χ1v) is 8.40. The Bertz CT molecular complexity index is 554. The Morgan fingerprint density at radius 2 is 1.83 bits per heavy atom. The number of aliphatic hydroxyl groups excluding tert-OH is 1. The molecule has 3 rings (SSSR count). The molecule has 0 spiro atoms. The van der Waals surface area contributed by atoms with Crippen LogP contribution in [-0.4, -0.2) is 36.5 Å². The Morgan fingerprint density at radius 3 is 2.39 bits per heavy atom. The van der Waals surface area contributed by atoms with Crippen LogP contribution < -0.4 is 10.2 Å². The predicted octanol–water partition coefficient (Wildman–Crippen LogP) is 1.49. The lowest BCUT2D eigenvalue weighted by molar-refractivity contribution is -0.138. The number of piperidine rings is 1. The van der Waals surface area contributed by atoms with Gasteiger partial charge in [-0.1, -0.05) is 12.1 Å². The molecule has 1 saturated carbocycles. The van der Waals surface area contributed by atoms with E-state index in [4.69, 9.17) is 0 Å². The summed E-state index contributed by atoms with van der Waals surface area (Å²) in [5, 5.41) is 12.1. The zero-order valence-electron chi connectivity index (χ0n) is 13.3. The molecule has 0 aromatic heterocycles. The van der Waals surface area contributed by atoms with Crippen LogP contribution in [0.25, 0.3) is 0 Å². The number of amides is 1. The monoisotopic (exact) mass is 316 g/mol. The van der Waals surface area contributed by atoms with Gasteiger partial charge in [0.05, 0.1) is 5.92 Å². The van der Waals surface area contributed by atoms with Crippen LogP contribution in [0.1, 0.15) is 31.2 Å². The first-order valence-electron chi connectivity index (χ1n) is 8.40. The van der Waals surface area contributed by atoms with Gasteiger partial charge in [-0.25, -0.2) is 0 Å². The minimum Gasteiger partial charge on any atom is -0.396 e. The van der Waals surface area contributed by atoms with E-state index in [0.717, 1.165) is 31.5 Å². The van der Waals surface area contributed by atoms with Gasteiger partial charge in [0.2, 0.25) is 5.91 Å². The summed E-state index contributed by atoms with van der Waals surface area (Å²) in [6, 6.07) is 8.26. The van der Waals surface area contributed by atoms with Gasteiger partial charge in [0.15, 0.2) is 0 Å². The van der Waals surface area contributed by atoms with Gasteiger partial charge in [-0.2, -0.15) is 0 Å². The van der Waals surface area contributed by atoms with Crippen molar-refractivity contribution in [2.75, 3.05) is 24.6 Å². The van der Waals surface area contributed by atoms with Crippen molar-refractivity contribution in [1.29, 1.82) is 0 Å². The highest BCUT2D eigenvalue weighted by atomic mass is 16.3. The molecule has 1 saturated heterocycles. The summed E-state index contributed by atoms with van der Waals surface area (Å²) < 4.78 is 0. The van der Waals surface area contributed by atoms with Crippen molar-refractivity contribution >= 4 is 17.4 Å². The topological polar surface area (TPSA) is 69.6 Å². The molecule has 1 aromatic carbocycles. The molecule has 0 unspecified atom stereocenters. The number of carbonyl (C=O) groups excluding carboxylic acids is 2. The van der Waals surface area contributed by atoms with Crippen LogP contribution in [0.2, 0.25) is 0 Å². The molecule has 0 atom stereocenters. The van der Waals surface area contributed by atoms with E-state index in [-0.39, 0.29) is 17.6 Å². The Morgan fingerprint density at radius 1 is 1.17 bits per heavy atom.